The van der Waals surface area contributed by atoms with Crippen LogP contribution in [0, 0.1) is 0 Å². The van der Waals surface area contributed by atoms with Crippen LogP contribution in [0.4, 0.5) is 0 Å². The van der Waals surface area contributed by atoms with Crippen LogP contribution in [0.3, 0.4) is 0 Å². The second-order valence-corrected chi connectivity index (χ2v) is 6.10. The minimum atomic E-state index is -3.43. The Balaban J connectivity index is 4.53. The van der Waals surface area contributed by atoms with Gasteiger partial charge in [0.25, 0.3) is 10.2 Å². The van der Waals surface area contributed by atoms with E-state index >= 15 is 0 Å². The molecule has 0 rings (SSSR count). The van der Waals surface area contributed by atoms with Gasteiger partial charge in [-0.05, 0) is 27.2 Å². The molecule has 92 valence electrons. The fraction of sp³-hybridized carbons (Fsp3) is 1.00. The van der Waals surface area contributed by atoms with E-state index in [4.69, 9.17) is 5.11 Å². The third-order valence-corrected chi connectivity index (χ3v) is 3.68. The zero-order valence-corrected chi connectivity index (χ0v) is 10.8. The Labute approximate surface area is 92.7 Å². The molecule has 0 saturated heterocycles. The Morgan fingerprint density at radius 3 is 2.20 bits per heavy atom. The van der Waals surface area contributed by atoms with Crippen molar-refractivity contribution < 1.29 is 13.5 Å². The summed E-state index contributed by atoms with van der Waals surface area (Å²) in [6.07, 6.45) is 0.457. The molecule has 5 nitrogen and oxygen atoms in total. The van der Waals surface area contributed by atoms with E-state index in [0.717, 1.165) is 0 Å². The molecular formula is C9H22N2O3S. The van der Waals surface area contributed by atoms with E-state index in [1.54, 1.807) is 27.7 Å². The van der Waals surface area contributed by atoms with Crippen molar-refractivity contribution in [3.8, 4) is 0 Å². The molecule has 0 aromatic rings. The summed E-state index contributed by atoms with van der Waals surface area (Å²) in [5, 5.41) is 8.67. The van der Waals surface area contributed by atoms with Gasteiger partial charge in [-0.15, -0.1) is 0 Å². The molecular weight excluding hydrogens is 216 g/mol. The number of nitrogens with zero attached hydrogens (tertiary/aromatic N) is 1. The second kappa shape index (κ2) is 5.79. The molecule has 0 saturated carbocycles. The van der Waals surface area contributed by atoms with Crippen LogP contribution >= 0.6 is 0 Å². The van der Waals surface area contributed by atoms with Crippen LogP contribution in [-0.4, -0.2) is 43.1 Å². The summed E-state index contributed by atoms with van der Waals surface area (Å²) in [6, 6.07) is 0. The summed E-state index contributed by atoms with van der Waals surface area (Å²) in [6.45, 7) is 7.92. The Kier molecular flexibility index (Phi) is 5.72. The van der Waals surface area contributed by atoms with Gasteiger partial charge in [-0.3, -0.25) is 0 Å². The monoisotopic (exact) mass is 238 g/mol. The van der Waals surface area contributed by atoms with Crippen molar-refractivity contribution in [2.24, 2.45) is 0 Å². The molecule has 0 aliphatic heterocycles. The Hall–Kier alpha value is -0.170. The first kappa shape index (κ1) is 14.8. The number of hydrogen-bond donors (Lipinski definition) is 2. The van der Waals surface area contributed by atoms with Crippen molar-refractivity contribution in [1.29, 1.82) is 0 Å². The molecule has 0 atom stereocenters. The standard InChI is InChI=1S/C9H22N2O3S/c1-5-11(7-6-8-12)15(13,14)10-9(2,3)4/h10,12H,5-8H2,1-4H3. The van der Waals surface area contributed by atoms with Crippen LogP contribution in [0.25, 0.3) is 0 Å². The van der Waals surface area contributed by atoms with Gasteiger partial charge in [0, 0.05) is 25.2 Å². The van der Waals surface area contributed by atoms with Gasteiger partial charge < -0.3 is 5.11 Å². The summed E-state index contributed by atoms with van der Waals surface area (Å²) in [5.74, 6) is 0. The SMILES string of the molecule is CCN(CCCO)S(=O)(=O)NC(C)(C)C. The molecule has 0 aliphatic carbocycles. The van der Waals surface area contributed by atoms with Gasteiger partial charge in [-0.2, -0.15) is 17.4 Å². The summed E-state index contributed by atoms with van der Waals surface area (Å²) in [4.78, 5) is 0. The first-order chi connectivity index (χ1) is 6.73. The van der Waals surface area contributed by atoms with E-state index < -0.39 is 15.7 Å². The zero-order valence-electron chi connectivity index (χ0n) is 9.95. The van der Waals surface area contributed by atoms with E-state index in [9.17, 15) is 8.42 Å². The highest BCUT2D eigenvalue weighted by Gasteiger charge is 2.25. The molecule has 2 N–H and O–H groups in total. The van der Waals surface area contributed by atoms with Crippen LogP contribution in [0.5, 0.6) is 0 Å². The topological polar surface area (TPSA) is 69.6 Å². The van der Waals surface area contributed by atoms with Crippen molar-refractivity contribution in [2.75, 3.05) is 19.7 Å². The molecule has 0 fully saturated rings. The predicted molar refractivity (Wildman–Crippen MR) is 60.8 cm³/mol. The number of aliphatic hydroxyl groups is 1. The van der Waals surface area contributed by atoms with Crippen LogP contribution < -0.4 is 4.72 Å². The van der Waals surface area contributed by atoms with Crippen LogP contribution in [0.1, 0.15) is 34.1 Å². The lowest BCUT2D eigenvalue weighted by molar-refractivity contribution is 0.269. The van der Waals surface area contributed by atoms with Gasteiger partial charge in [-0.1, -0.05) is 6.92 Å². The van der Waals surface area contributed by atoms with Crippen molar-refractivity contribution in [3.05, 3.63) is 0 Å². The van der Waals surface area contributed by atoms with Crippen molar-refractivity contribution in [3.63, 3.8) is 0 Å². The number of aliphatic hydroxyl groups excluding tert-OH is 1. The van der Waals surface area contributed by atoms with Crippen molar-refractivity contribution in [1.82, 2.24) is 9.03 Å². The van der Waals surface area contributed by atoms with Crippen LogP contribution in [0.2, 0.25) is 0 Å². The Morgan fingerprint density at radius 1 is 1.33 bits per heavy atom. The minimum Gasteiger partial charge on any atom is -0.396 e. The molecule has 0 amide bonds. The second-order valence-electron chi connectivity index (χ2n) is 4.43. The van der Waals surface area contributed by atoms with Crippen molar-refractivity contribution in [2.45, 2.75) is 39.7 Å². The largest absolute Gasteiger partial charge is 0.396 e. The predicted octanol–water partition coefficient (Wildman–Crippen LogP) is 0.324. The maximum absolute atomic E-state index is 11.8. The summed E-state index contributed by atoms with van der Waals surface area (Å²) < 4.78 is 27.5. The highest BCUT2D eigenvalue weighted by atomic mass is 32.2. The molecule has 0 radical (unpaired) electrons. The first-order valence-corrected chi connectivity index (χ1v) is 6.57. The molecule has 0 heterocycles. The highest BCUT2D eigenvalue weighted by Crippen LogP contribution is 2.06. The average molecular weight is 238 g/mol. The van der Waals surface area contributed by atoms with Gasteiger partial charge in [0.15, 0.2) is 0 Å². The number of rotatable bonds is 6. The quantitative estimate of drug-likeness (QED) is 0.700. The molecule has 6 heteroatoms. The summed E-state index contributed by atoms with van der Waals surface area (Å²) >= 11 is 0. The Morgan fingerprint density at radius 2 is 1.87 bits per heavy atom. The lowest BCUT2D eigenvalue weighted by Gasteiger charge is -2.26. The smallest absolute Gasteiger partial charge is 0.279 e. The third-order valence-electron chi connectivity index (χ3n) is 1.69. The van der Waals surface area contributed by atoms with Crippen LogP contribution in [-0.2, 0) is 10.2 Å². The third kappa shape index (κ3) is 6.09. The fourth-order valence-corrected chi connectivity index (χ4v) is 2.76. The molecule has 0 unspecified atom stereocenters. The maximum Gasteiger partial charge on any atom is 0.279 e. The van der Waals surface area contributed by atoms with Gasteiger partial charge in [0.1, 0.15) is 0 Å². The van der Waals surface area contributed by atoms with E-state index in [1.807, 2.05) is 0 Å². The van der Waals surface area contributed by atoms with Gasteiger partial charge in [0.2, 0.25) is 0 Å². The van der Waals surface area contributed by atoms with E-state index in [0.29, 0.717) is 19.5 Å². The minimum absolute atomic E-state index is 0.00153. The van der Waals surface area contributed by atoms with Gasteiger partial charge in [-0.25, -0.2) is 0 Å². The highest BCUT2D eigenvalue weighted by molar-refractivity contribution is 7.87. The van der Waals surface area contributed by atoms with E-state index in [1.165, 1.54) is 4.31 Å². The molecule has 0 bridgehead atoms. The lowest BCUT2D eigenvalue weighted by atomic mass is 10.1. The van der Waals surface area contributed by atoms with Crippen molar-refractivity contribution >= 4 is 10.2 Å². The van der Waals surface area contributed by atoms with Gasteiger partial charge in [0.05, 0.1) is 0 Å². The average Bonchev–Trinajstić information content (AvgIpc) is 2.00. The Bertz CT molecular complexity index is 270. The number of hydrogen-bond acceptors (Lipinski definition) is 3. The van der Waals surface area contributed by atoms with E-state index in [2.05, 4.69) is 4.72 Å². The maximum atomic E-state index is 11.8. The molecule has 0 aliphatic rings. The molecule has 0 aromatic carbocycles. The van der Waals surface area contributed by atoms with Gasteiger partial charge >= 0.3 is 0 Å². The number of nitrogens with one attached hydrogen (secondary N) is 1. The molecule has 15 heavy (non-hydrogen) atoms. The van der Waals surface area contributed by atoms with Crippen LogP contribution in [0.15, 0.2) is 0 Å². The zero-order chi connectivity index (χ0) is 12.1. The fourth-order valence-electron chi connectivity index (χ4n) is 1.15. The first-order valence-electron chi connectivity index (χ1n) is 5.13. The normalized spacial score (nSPS) is 13.5. The summed E-state index contributed by atoms with van der Waals surface area (Å²) in [7, 11) is -3.43. The molecule has 0 aromatic heterocycles. The van der Waals surface area contributed by atoms with E-state index in [-0.39, 0.29) is 6.61 Å². The molecule has 0 spiro atoms. The lowest BCUT2D eigenvalue weighted by Crippen LogP contribution is -2.49. The summed E-state index contributed by atoms with van der Waals surface area (Å²) in [5.41, 5.74) is -0.481.